The molecule has 4 heteroatoms. The Labute approximate surface area is 123 Å². The Morgan fingerprint density at radius 2 is 2.10 bits per heavy atom. The van der Waals surface area contributed by atoms with Gasteiger partial charge in [-0.1, -0.05) is 41.9 Å². The van der Waals surface area contributed by atoms with Crippen molar-refractivity contribution in [1.29, 1.82) is 0 Å². The summed E-state index contributed by atoms with van der Waals surface area (Å²) in [4.78, 5) is 4.08. The number of aromatic nitrogens is 1. The minimum Gasteiger partial charge on any atom is -0.394 e. The van der Waals surface area contributed by atoms with E-state index in [9.17, 15) is 5.11 Å². The fourth-order valence-electron chi connectivity index (χ4n) is 2.87. The molecule has 0 amide bonds. The van der Waals surface area contributed by atoms with Gasteiger partial charge in [-0.25, -0.2) is 4.98 Å². The number of hydrogen-bond acceptors (Lipinski definition) is 3. The number of aryl methyl sites for hydroxylation is 1. The van der Waals surface area contributed by atoms with E-state index in [4.69, 9.17) is 11.6 Å². The highest BCUT2D eigenvalue weighted by Crippen LogP contribution is 2.36. The van der Waals surface area contributed by atoms with Crippen molar-refractivity contribution in [2.24, 2.45) is 0 Å². The number of benzene rings is 1. The van der Waals surface area contributed by atoms with Crippen LogP contribution in [0.25, 0.3) is 0 Å². The van der Waals surface area contributed by atoms with Gasteiger partial charge in [0.15, 0.2) is 0 Å². The second-order valence-corrected chi connectivity index (χ2v) is 5.63. The third-order valence-electron chi connectivity index (χ3n) is 4.04. The second kappa shape index (κ2) is 5.52. The van der Waals surface area contributed by atoms with Gasteiger partial charge in [0.2, 0.25) is 0 Å². The Morgan fingerprint density at radius 3 is 2.85 bits per heavy atom. The summed E-state index contributed by atoms with van der Waals surface area (Å²) in [7, 11) is 0. The van der Waals surface area contributed by atoms with Crippen LogP contribution in [0.1, 0.15) is 23.1 Å². The fraction of sp³-hybridized carbons (Fsp3) is 0.312. The van der Waals surface area contributed by atoms with E-state index in [1.165, 1.54) is 11.1 Å². The first-order chi connectivity index (χ1) is 9.73. The van der Waals surface area contributed by atoms with Crippen molar-refractivity contribution in [2.75, 3.05) is 6.61 Å². The van der Waals surface area contributed by atoms with Crippen LogP contribution < -0.4 is 5.32 Å². The maximum absolute atomic E-state index is 9.89. The lowest BCUT2D eigenvalue weighted by molar-refractivity contribution is 0.159. The molecule has 0 fully saturated rings. The predicted octanol–water partition coefficient (Wildman–Crippen LogP) is 2.66. The number of nitrogens with one attached hydrogen (secondary N) is 1. The SMILES string of the molecule is OCC1(NCc2ccc(Cl)nc2)CCc2ccccc21. The highest BCUT2D eigenvalue weighted by molar-refractivity contribution is 6.29. The van der Waals surface area contributed by atoms with Crippen molar-refractivity contribution in [2.45, 2.75) is 24.9 Å². The van der Waals surface area contributed by atoms with Crippen LogP contribution >= 0.6 is 11.6 Å². The Bertz CT molecular complexity index is 600. The lowest BCUT2D eigenvalue weighted by Gasteiger charge is -2.30. The van der Waals surface area contributed by atoms with Crippen molar-refractivity contribution in [3.05, 3.63) is 64.4 Å². The zero-order valence-corrected chi connectivity index (χ0v) is 11.9. The molecule has 1 aromatic carbocycles. The summed E-state index contributed by atoms with van der Waals surface area (Å²) in [6, 6.07) is 12.1. The number of pyridine rings is 1. The summed E-state index contributed by atoms with van der Waals surface area (Å²) in [6.07, 6.45) is 3.69. The summed E-state index contributed by atoms with van der Waals surface area (Å²) in [6.45, 7) is 0.768. The Hall–Kier alpha value is -1.42. The highest BCUT2D eigenvalue weighted by atomic mass is 35.5. The topological polar surface area (TPSA) is 45.1 Å². The largest absolute Gasteiger partial charge is 0.394 e. The zero-order valence-electron chi connectivity index (χ0n) is 11.1. The Kier molecular flexibility index (Phi) is 3.74. The predicted molar refractivity (Wildman–Crippen MR) is 79.6 cm³/mol. The first-order valence-corrected chi connectivity index (χ1v) is 7.16. The lowest BCUT2D eigenvalue weighted by Crippen LogP contribution is -2.43. The van der Waals surface area contributed by atoms with Crippen LogP contribution in [0.2, 0.25) is 5.15 Å². The summed E-state index contributed by atoms with van der Waals surface area (Å²) in [5.41, 5.74) is 3.26. The average molecular weight is 289 g/mol. The molecule has 2 aromatic rings. The molecule has 1 heterocycles. The molecule has 20 heavy (non-hydrogen) atoms. The van der Waals surface area contributed by atoms with Crippen molar-refractivity contribution in [3.63, 3.8) is 0 Å². The van der Waals surface area contributed by atoms with E-state index < -0.39 is 0 Å². The number of nitrogens with zero attached hydrogens (tertiary/aromatic N) is 1. The van der Waals surface area contributed by atoms with Crippen LogP contribution in [0.3, 0.4) is 0 Å². The van der Waals surface area contributed by atoms with Gasteiger partial charge in [0, 0.05) is 12.7 Å². The van der Waals surface area contributed by atoms with Crippen molar-refractivity contribution in [1.82, 2.24) is 10.3 Å². The van der Waals surface area contributed by atoms with Crippen molar-refractivity contribution in [3.8, 4) is 0 Å². The van der Waals surface area contributed by atoms with E-state index in [-0.39, 0.29) is 12.1 Å². The molecule has 0 bridgehead atoms. The molecular formula is C16H17ClN2O. The van der Waals surface area contributed by atoms with Gasteiger partial charge < -0.3 is 10.4 Å². The van der Waals surface area contributed by atoms with E-state index in [2.05, 4.69) is 28.5 Å². The second-order valence-electron chi connectivity index (χ2n) is 5.24. The number of aliphatic hydroxyl groups is 1. The highest BCUT2D eigenvalue weighted by Gasteiger charge is 2.37. The Morgan fingerprint density at radius 1 is 1.25 bits per heavy atom. The van der Waals surface area contributed by atoms with E-state index in [0.717, 1.165) is 18.4 Å². The van der Waals surface area contributed by atoms with Gasteiger partial charge in [-0.3, -0.25) is 0 Å². The quantitative estimate of drug-likeness (QED) is 0.850. The first-order valence-electron chi connectivity index (χ1n) is 6.78. The molecule has 1 aliphatic rings. The third kappa shape index (κ3) is 2.44. The fourth-order valence-corrected chi connectivity index (χ4v) is 2.99. The average Bonchev–Trinajstić information content (AvgIpc) is 2.86. The molecule has 104 valence electrons. The Balaban J connectivity index is 1.80. The van der Waals surface area contributed by atoms with Crippen LogP contribution in [0.5, 0.6) is 0 Å². The first kappa shape index (κ1) is 13.6. The van der Waals surface area contributed by atoms with E-state index >= 15 is 0 Å². The van der Waals surface area contributed by atoms with Crippen LogP contribution in [0, 0.1) is 0 Å². The minimum absolute atomic E-state index is 0.102. The van der Waals surface area contributed by atoms with Crippen LogP contribution in [0.4, 0.5) is 0 Å². The van der Waals surface area contributed by atoms with Gasteiger partial charge in [-0.05, 0) is 35.6 Å². The van der Waals surface area contributed by atoms with E-state index in [1.54, 1.807) is 12.3 Å². The van der Waals surface area contributed by atoms with E-state index in [1.807, 2.05) is 12.1 Å². The molecule has 0 radical (unpaired) electrons. The lowest BCUT2D eigenvalue weighted by atomic mass is 9.92. The molecule has 1 atom stereocenters. The standard InChI is InChI=1S/C16H17ClN2O/c17-15-6-5-12(9-18-15)10-19-16(11-20)8-7-13-3-1-2-4-14(13)16/h1-6,9,19-20H,7-8,10-11H2. The molecule has 1 unspecified atom stereocenters. The molecule has 0 spiro atoms. The summed E-state index contributed by atoms with van der Waals surface area (Å²) in [5, 5.41) is 13.9. The third-order valence-corrected chi connectivity index (χ3v) is 4.27. The number of hydrogen-bond donors (Lipinski definition) is 2. The molecule has 0 aliphatic heterocycles. The molecule has 3 rings (SSSR count). The minimum atomic E-state index is -0.337. The summed E-state index contributed by atoms with van der Waals surface area (Å²) in [5.74, 6) is 0. The molecule has 0 saturated carbocycles. The van der Waals surface area contributed by atoms with Gasteiger partial charge >= 0.3 is 0 Å². The maximum Gasteiger partial charge on any atom is 0.129 e. The normalized spacial score (nSPS) is 20.9. The van der Waals surface area contributed by atoms with Crippen molar-refractivity contribution >= 4 is 11.6 Å². The van der Waals surface area contributed by atoms with Crippen LogP contribution in [0.15, 0.2) is 42.6 Å². The molecule has 3 nitrogen and oxygen atoms in total. The number of halogens is 1. The molecule has 1 aliphatic carbocycles. The summed E-state index contributed by atoms with van der Waals surface area (Å²) >= 11 is 5.79. The van der Waals surface area contributed by atoms with Gasteiger partial charge in [0.25, 0.3) is 0 Å². The summed E-state index contributed by atoms with van der Waals surface area (Å²) < 4.78 is 0. The smallest absolute Gasteiger partial charge is 0.129 e. The van der Waals surface area contributed by atoms with Gasteiger partial charge in [0.05, 0.1) is 12.1 Å². The number of aliphatic hydroxyl groups excluding tert-OH is 1. The van der Waals surface area contributed by atoms with Crippen molar-refractivity contribution < 1.29 is 5.11 Å². The number of rotatable bonds is 4. The van der Waals surface area contributed by atoms with E-state index in [0.29, 0.717) is 11.7 Å². The molecule has 0 saturated heterocycles. The van der Waals surface area contributed by atoms with Crippen LogP contribution in [-0.4, -0.2) is 16.7 Å². The van der Waals surface area contributed by atoms with Gasteiger partial charge in [-0.15, -0.1) is 0 Å². The van der Waals surface area contributed by atoms with Crippen LogP contribution in [-0.2, 0) is 18.5 Å². The monoisotopic (exact) mass is 288 g/mol. The zero-order chi connectivity index (χ0) is 14.0. The van der Waals surface area contributed by atoms with Gasteiger partial charge in [-0.2, -0.15) is 0 Å². The van der Waals surface area contributed by atoms with Gasteiger partial charge in [0.1, 0.15) is 5.15 Å². The maximum atomic E-state index is 9.89. The molecule has 2 N–H and O–H groups in total. The molecule has 1 aromatic heterocycles. The number of fused-ring (bicyclic) bond motifs is 1. The molecular weight excluding hydrogens is 272 g/mol.